The summed E-state index contributed by atoms with van der Waals surface area (Å²) in [5.74, 6) is 0.417. The number of aromatic nitrogens is 4. The zero-order valence-corrected chi connectivity index (χ0v) is 11.2. The van der Waals surface area contributed by atoms with Crippen molar-refractivity contribution in [2.75, 3.05) is 0 Å². The maximum atomic E-state index is 12.0. The first kappa shape index (κ1) is 12.4. The minimum atomic E-state index is -0.425. The zero-order chi connectivity index (χ0) is 14.3. The first-order valence-corrected chi connectivity index (χ1v) is 6.33. The number of hydrogen-bond donors (Lipinski definition) is 2. The molecule has 0 saturated heterocycles. The minimum Gasteiger partial charge on any atom is -0.503 e. The van der Waals surface area contributed by atoms with Gasteiger partial charge in [0.2, 0.25) is 11.4 Å². The molecule has 3 aromatic heterocycles. The van der Waals surface area contributed by atoms with Gasteiger partial charge in [-0.2, -0.15) is 0 Å². The van der Waals surface area contributed by atoms with Crippen LogP contribution in [0.1, 0.15) is 25.5 Å². The van der Waals surface area contributed by atoms with Gasteiger partial charge in [0.05, 0.1) is 11.6 Å². The Kier molecular flexibility index (Phi) is 2.78. The Hall–Kier alpha value is -2.63. The van der Waals surface area contributed by atoms with E-state index in [0.717, 1.165) is 5.69 Å². The van der Waals surface area contributed by atoms with Crippen molar-refractivity contribution in [3.05, 3.63) is 46.6 Å². The maximum Gasteiger partial charge on any atom is 0.232 e. The van der Waals surface area contributed by atoms with E-state index in [-0.39, 0.29) is 11.7 Å². The van der Waals surface area contributed by atoms with Crippen molar-refractivity contribution in [3.63, 3.8) is 0 Å². The molecule has 0 atom stereocenters. The number of aromatic amines is 1. The number of aromatic hydroxyl groups is 1. The van der Waals surface area contributed by atoms with E-state index in [1.807, 2.05) is 13.8 Å². The molecule has 102 valence electrons. The number of hydrogen-bond acceptors (Lipinski definition) is 4. The van der Waals surface area contributed by atoms with Crippen LogP contribution in [0, 0.1) is 0 Å². The lowest BCUT2D eigenvalue weighted by Crippen LogP contribution is -2.11. The first-order valence-electron chi connectivity index (χ1n) is 6.33. The number of imidazole rings is 1. The summed E-state index contributed by atoms with van der Waals surface area (Å²) in [4.78, 5) is 23.6. The second-order valence-electron chi connectivity index (χ2n) is 4.89. The molecular weight excluding hydrogens is 256 g/mol. The van der Waals surface area contributed by atoms with E-state index in [4.69, 9.17) is 0 Å². The molecule has 0 aliphatic rings. The van der Waals surface area contributed by atoms with E-state index in [1.165, 1.54) is 6.20 Å². The van der Waals surface area contributed by atoms with Gasteiger partial charge in [-0.1, -0.05) is 13.8 Å². The predicted molar refractivity (Wildman–Crippen MR) is 75.2 cm³/mol. The predicted octanol–water partition coefficient (Wildman–Crippen LogP) is 1.94. The standard InChI is InChI=1S/C14H14N4O2/c1-8(2)10-4-3-9-12(20)11(19)7-18(13(9)17-10)14-15-5-6-16-14/h3-8,19H,1-2H3,(H,15,16). The highest BCUT2D eigenvalue weighted by atomic mass is 16.3. The third-order valence-electron chi connectivity index (χ3n) is 3.16. The fourth-order valence-corrected chi connectivity index (χ4v) is 2.08. The van der Waals surface area contributed by atoms with Crippen LogP contribution in [0.4, 0.5) is 0 Å². The third kappa shape index (κ3) is 1.85. The van der Waals surface area contributed by atoms with Gasteiger partial charge in [0.15, 0.2) is 11.4 Å². The molecule has 0 aliphatic heterocycles. The highest BCUT2D eigenvalue weighted by Crippen LogP contribution is 2.19. The fourth-order valence-electron chi connectivity index (χ4n) is 2.08. The van der Waals surface area contributed by atoms with Crippen molar-refractivity contribution in [2.45, 2.75) is 19.8 Å². The Labute approximate surface area is 114 Å². The minimum absolute atomic E-state index is 0.244. The van der Waals surface area contributed by atoms with Crippen molar-refractivity contribution >= 4 is 11.0 Å². The molecule has 0 fully saturated rings. The number of pyridine rings is 2. The first-order chi connectivity index (χ1) is 9.58. The summed E-state index contributed by atoms with van der Waals surface area (Å²) in [5.41, 5.74) is 0.933. The normalized spacial score (nSPS) is 11.3. The molecule has 6 nitrogen and oxygen atoms in total. The molecule has 0 saturated carbocycles. The molecule has 3 heterocycles. The van der Waals surface area contributed by atoms with E-state index in [1.54, 1.807) is 29.1 Å². The quantitative estimate of drug-likeness (QED) is 0.745. The van der Waals surface area contributed by atoms with E-state index in [0.29, 0.717) is 17.0 Å². The van der Waals surface area contributed by atoms with Gasteiger partial charge in [0.1, 0.15) is 0 Å². The zero-order valence-electron chi connectivity index (χ0n) is 11.2. The van der Waals surface area contributed by atoms with Gasteiger partial charge in [-0.05, 0) is 18.1 Å². The van der Waals surface area contributed by atoms with E-state index < -0.39 is 5.43 Å². The molecular formula is C14H14N4O2. The van der Waals surface area contributed by atoms with Crippen LogP contribution in [0.5, 0.6) is 5.75 Å². The molecule has 2 N–H and O–H groups in total. The van der Waals surface area contributed by atoms with Crippen molar-refractivity contribution in [1.29, 1.82) is 0 Å². The monoisotopic (exact) mass is 270 g/mol. The maximum absolute atomic E-state index is 12.0. The summed E-state index contributed by atoms with van der Waals surface area (Å²) < 4.78 is 1.58. The summed E-state index contributed by atoms with van der Waals surface area (Å²) in [7, 11) is 0. The molecule has 6 heteroatoms. The largest absolute Gasteiger partial charge is 0.503 e. The van der Waals surface area contributed by atoms with Crippen LogP contribution in [-0.4, -0.2) is 24.6 Å². The SMILES string of the molecule is CC(C)c1ccc2c(=O)c(O)cn(-c3ncc[nH]3)c2n1. The van der Waals surface area contributed by atoms with Crippen molar-refractivity contribution in [2.24, 2.45) is 0 Å². The molecule has 0 radical (unpaired) electrons. The average molecular weight is 270 g/mol. The van der Waals surface area contributed by atoms with E-state index in [9.17, 15) is 9.90 Å². The number of nitrogens with zero attached hydrogens (tertiary/aromatic N) is 3. The molecule has 0 amide bonds. The van der Waals surface area contributed by atoms with Gasteiger partial charge < -0.3 is 10.1 Å². The Bertz CT molecular complexity index is 819. The lowest BCUT2D eigenvalue weighted by molar-refractivity contribution is 0.466. The Morgan fingerprint density at radius 2 is 2.15 bits per heavy atom. The van der Waals surface area contributed by atoms with Gasteiger partial charge in [-0.25, -0.2) is 9.97 Å². The Morgan fingerprint density at radius 3 is 2.80 bits per heavy atom. The van der Waals surface area contributed by atoms with Crippen LogP contribution in [-0.2, 0) is 0 Å². The number of rotatable bonds is 2. The Balaban J connectivity index is 2.41. The lowest BCUT2D eigenvalue weighted by Gasteiger charge is -2.11. The highest BCUT2D eigenvalue weighted by Gasteiger charge is 2.13. The van der Waals surface area contributed by atoms with Crippen LogP contribution >= 0.6 is 0 Å². The van der Waals surface area contributed by atoms with Crippen LogP contribution < -0.4 is 5.43 Å². The number of nitrogens with one attached hydrogen (secondary N) is 1. The number of H-pyrrole nitrogens is 1. The fraction of sp³-hybridized carbons (Fsp3) is 0.214. The average Bonchev–Trinajstić information content (AvgIpc) is 2.96. The summed E-state index contributed by atoms with van der Waals surface area (Å²) >= 11 is 0. The van der Waals surface area contributed by atoms with Crippen molar-refractivity contribution in [1.82, 2.24) is 19.5 Å². The van der Waals surface area contributed by atoms with Gasteiger partial charge in [0.25, 0.3) is 0 Å². The molecule has 0 bridgehead atoms. The molecule has 3 aromatic rings. The second-order valence-corrected chi connectivity index (χ2v) is 4.89. The summed E-state index contributed by atoms with van der Waals surface area (Å²) in [6.45, 7) is 4.06. The van der Waals surface area contributed by atoms with Gasteiger partial charge in [0, 0.05) is 18.1 Å². The summed E-state index contributed by atoms with van der Waals surface area (Å²) in [6, 6.07) is 3.50. The highest BCUT2D eigenvalue weighted by molar-refractivity contribution is 5.78. The molecule has 0 spiro atoms. The van der Waals surface area contributed by atoms with E-state index >= 15 is 0 Å². The van der Waals surface area contributed by atoms with Gasteiger partial charge in [-0.3, -0.25) is 9.36 Å². The molecule has 20 heavy (non-hydrogen) atoms. The van der Waals surface area contributed by atoms with Crippen LogP contribution in [0.15, 0.2) is 35.5 Å². The van der Waals surface area contributed by atoms with Crippen LogP contribution in [0.2, 0.25) is 0 Å². The molecule has 0 unspecified atom stereocenters. The van der Waals surface area contributed by atoms with Crippen LogP contribution in [0.25, 0.3) is 17.0 Å². The molecule has 0 aliphatic carbocycles. The topological polar surface area (TPSA) is 83.8 Å². The van der Waals surface area contributed by atoms with Gasteiger partial charge >= 0.3 is 0 Å². The summed E-state index contributed by atoms with van der Waals surface area (Å²) in [5, 5.41) is 10.1. The second kappa shape index (κ2) is 4.48. The molecule has 0 aromatic carbocycles. The van der Waals surface area contributed by atoms with Crippen molar-refractivity contribution in [3.8, 4) is 11.7 Å². The third-order valence-corrected chi connectivity index (χ3v) is 3.16. The smallest absolute Gasteiger partial charge is 0.232 e. The number of fused-ring (bicyclic) bond motifs is 1. The van der Waals surface area contributed by atoms with E-state index in [2.05, 4.69) is 15.0 Å². The summed E-state index contributed by atoms with van der Waals surface area (Å²) in [6.07, 6.45) is 4.60. The molecule has 3 rings (SSSR count). The van der Waals surface area contributed by atoms with Gasteiger partial charge in [-0.15, -0.1) is 0 Å². The van der Waals surface area contributed by atoms with Crippen molar-refractivity contribution < 1.29 is 5.11 Å². The lowest BCUT2D eigenvalue weighted by atomic mass is 10.1. The Morgan fingerprint density at radius 1 is 1.35 bits per heavy atom. The van der Waals surface area contributed by atoms with Crippen LogP contribution in [0.3, 0.4) is 0 Å².